The topological polar surface area (TPSA) is 65.4 Å². The molecule has 0 spiro atoms. The Bertz CT molecular complexity index is 861. The van der Waals surface area contributed by atoms with Crippen molar-refractivity contribution in [2.24, 2.45) is 16.8 Å². The van der Waals surface area contributed by atoms with Gasteiger partial charge in [-0.3, -0.25) is 10.2 Å². The average Bonchev–Trinajstić information content (AvgIpc) is 2.64. The summed E-state index contributed by atoms with van der Waals surface area (Å²) in [6.07, 6.45) is 3.95. The molecule has 144 valence electrons. The molecule has 1 aliphatic heterocycles. The zero-order valence-electron chi connectivity index (χ0n) is 16.8. The fourth-order valence-corrected chi connectivity index (χ4v) is 4.38. The summed E-state index contributed by atoms with van der Waals surface area (Å²) in [4.78, 5) is 16.4. The van der Waals surface area contributed by atoms with E-state index in [0.29, 0.717) is 12.0 Å². The molecule has 1 saturated carbocycles. The Morgan fingerprint density at radius 1 is 1.15 bits per heavy atom. The van der Waals surface area contributed by atoms with E-state index in [9.17, 15) is 0 Å². The van der Waals surface area contributed by atoms with Gasteiger partial charge in [-0.25, -0.2) is 15.0 Å². The molecule has 1 aliphatic carbocycles. The monoisotopic (exact) mass is 366 g/mol. The summed E-state index contributed by atoms with van der Waals surface area (Å²) >= 11 is 0. The molecule has 0 bridgehead atoms. The van der Waals surface area contributed by atoms with Crippen molar-refractivity contribution in [3.8, 4) is 0 Å². The molecule has 1 aromatic heterocycles. The quantitative estimate of drug-likeness (QED) is 0.849. The number of nitrogens with zero attached hydrogens (tertiary/aromatic N) is 4. The van der Waals surface area contributed by atoms with Crippen LogP contribution in [-0.2, 0) is 0 Å². The van der Waals surface area contributed by atoms with Crippen LogP contribution in [0.3, 0.4) is 0 Å². The maximum Gasteiger partial charge on any atom is 0.230 e. The van der Waals surface area contributed by atoms with Crippen LogP contribution in [0.5, 0.6) is 0 Å². The molecule has 1 fully saturated rings. The van der Waals surface area contributed by atoms with Crippen molar-refractivity contribution in [2.45, 2.75) is 53.0 Å². The van der Waals surface area contributed by atoms with Gasteiger partial charge in [-0.1, -0.05) is 38.8 Å². The van der Waals surface area contributed by atoms with Gasteiger partial charge in [0, 0.05) is 11.4 Å². The second-order valence-corrected chi connectivity index (χ2v) is 8.18. The predicted octanol–water partition coefficient (Wildman–Crippen LogP) is 3.66. The molecule has 2 heterocycles. The van der Waals surface area contributed by atoms with Crippen LogP contribution in [0, 0.1) is 25.7 Å². The van der Waals surface area contributed by atoms with Gasteiger partial charge in [0.15, 0.2) is 0 Å². The van der Waals surface area contributed by atoms with Gasteiger partial charge >= 0.3 is 0 Å². The van der Waals surface area contributed by atoms with Crippen LogP contribution < -0.4 is 10.6 Å². The van der Waals surface area contributed by atoms with Crippen LogP contribution in [0.4, 0.5) is 5.95 Å². The van der Waals surface area contributed by atoms with Crippen molar-refractivity contribution in [1.29, 1.82) is 0 Å². The summed E-state index contributed by atoms with van der Waals surface area (Å²) in [5, 5.41) is 7.77. The Morgan fingerprint density at radius 2 is 2.00 bits per heavy atom. The molecular formula is C21H30N6. The van der Waals surface area contributed by atoms with E-state index in [2.05, 4.69) is 64.5 Å². The van der Waals surface area contributed by atoms with Gasteiger partial charge < -0.3 is 5.32 Å². The highest BCUT2D eigenvalue weighted by Crippen LogP contribution is 2.32. The maximum atomic E-state index is 4.71. The second-order valence-electron chi connectivity index (χ2n) is 8.18. The van der Waals surface area contributed by atoms with Crippen LogP contribution in [-0.4, -0.2) is 40.2 Å². The van der Waals surface area contributed by atoms with E-state index in [0.717, 1.165) is 47.7 Å². The second kappa shape index (κ2) is 7.43. The summed E-state index contributed by atoms with van der Waals surface area (Å²) in [6.45, 7) is 10.4. The Hall–Kier alpha value is -2.21. The van der Waals surface area contributed by atoms with Crippen molar-refractivity contribution >= 4 is 22.8 Å². The van der Waals surface area contributed by atoms with Crippen LogP contribution >= 0.6 is 0 Å². The smallest absolute Gasteiger partial charge is 0.230 e. The first kappa shape index (κ1) is 18.2. The Morgan fingerprint density at radius 3 is 2.78 bits per heavy atom. The Balaban J connectivity index is 1.46. The van der Waals surface area contributed by atoms with E-state index in [1.807, 2.05) is 6.92 Å². The molecular weight excluding hydrogens is 336 g/mol. The first-order valence-corrected chi connectivity index (χ1v) is 10.1. The molecule has 2 aromatic rings. The molecule has 6 heteroatoms. The van der Waals surface area contributed by atoms with E-state index in [4.69, 9.17) is 4.99 Å². The number of aliphatic imine (C=N–C) groups is 1. The molecule has 3 atom stereocenters. The lowest BCUT2D eigenvalue weighted by atomic mass is 9.77. The summed E-state index contributed by atoms with van der Waals surface area (Å²) in [5.74, 6) is 2.88. The third-order valence-electron chi connectivity index (χ3n) is 6.27. The van der Waals surface area contributed by atoms with E-state index in [1.54, 1.807) is 0 Å². The van der Waals surface area contributed by atoms with Gasteiger partial charge in [-0.05, 0) is 43.7 Å². The van der Waals surface area contributed by atoms with Crippen LogP contribution in [0.2, 0.25) is 0 Å². The average molecular weight is 367 g/mol. The number of hydrogen-bond acceptors (Lipinski definition) is 6. The summed E-state index contributed by atoms with van der Waals surface area (Å²) in [6, 6.07) is 6.90. The number of aryl methyl sites for hydroxylation is 2. The predicted molar refractivity (Wildman–Crippen MR) is 111 cm³/mol. The molecule has 0 unspecified atom stereocenters. The maximum absolute atomic E-state index is 4.71. The minimum Gasteiger partial charge on any atom is -0.343 e. The first-order valence-electron chi connectivity index (χ1n) is 10.1. The molecule has 0 radical (unpaired) electrons. The molecule has 6 nitrogen and oxygen atoms in total. The highest BCUT2D eigenvalue weighted by atomic mass is 15.4. The fourth-order valence-electron chi connectivity index (χ4n) is 4.38. The van der Waals surface area contributed by atoms with E-state index < -0.39 is 0 Å². The SMILES string of the molecule is Cc1ccc2c(C)nc(NC3=NCN([C@H]4CCC[C@H](C)[C@@H]4C)CN3)nc2c1. The van der Waals surface area contributed by atoms with Gasteiger partial charge in [0.1, 0.15) is 0 Å². The van der Waals surface area contributed by atoms with Crippen LogP contribution in [0.1, 0.15) is 44.4 Å². The first-order chi connectivity index (χ1) is 13.0. The lowest BCUT2D eigenvalue weighted by Gasteiger charge is -2.42. The lowest BCUT2D eigenvalue weighted by Crippen LogP contribution is -2.53. The summed E-state index contributed by atoms with van der Waals surface area (Å²) < 4.78 is 0. The largest absolute Gasteiger partial charge is 0.343 e. The third-order valence-corrected chi connectivity index (χ3v) is 6.27. The molecule has 0 saturated heterocycles. The van der Waals surface area contributed by atoms with E-state index in [1.165, 1.54) is 24.8 Å². The van der Waals surface area contributed by atoms with Crippen LogP contribution in [0.25, 0.3) is 10.9 Å². The van der Waals surface area contributed by atoms with Gasteiger partial charge in [0.25, 0.3) is 0 Å². The van der Waals surface area contributed by atoms with Crippen molar-refractivity contribution < 1.29 is 0 Å². The fraction of sp³-hybridized carbons (Fsp3) is 0.571. The lowest BCUT2D eigenvalue weighted by molar-refractivity contribution is 0.0771. The molecule has 4 rings (SSSR count). The standard InChI is InChI=1S/C21H30N6/c1-13-8-9-17-16(4)24-21(25-18(17)10-13)26-20-22-11-27(12-23-20)19-7-5-6-14(2)15(19)3/h8-10,14-15,19H,5-7,11-12H2,1-4H3,(H2,22,23,24,25,26)/t14-,15-,19-/m0/s1. The normalized spacial score (nSPS) is 26.5. The number of guanidine groups is 1. The minimum absolute atomic E-state index is 0.602. The van der Waals surface area contributed by atoms with Crippen molar-refractivity contribution in [3.05, 3.63) is 29.5 Å². The number of rotatable bonds is 2. The number of aromatic nitrogens is 2. The number of hydrogen-bond donors (Lipinski definition) is 2. The number of anilines is 1. The Labute approximate surface area is 161 Å². The van der Waals surface area contributed by atoms with Crippen LogP contribution in [0.15, 0.2) is 23.2 Å². The number of fused-ring (bicyclic) bond motifs is 1. The summed E-state index contributed by atoms with van der Waals surface area (Å²) in [5.41, 5.74) is 3.14. The molecule has 1 aromatic carbocycles. The molecule has 27 heavy (non-hydrogen) atoms. The number of benzene rings is 1. The number of nitrogens with one attached hydrogen (secondary N) is 2. The van der Waals surface area contributed by atoms with Crippen molar-refractivity contribution in [2.75, 3.05) is 18.7 Å². The van der Waals surface area contributed by atoms with Crippen molar-refractivity contribution in [1.82, 2.24) is 20.2 Å². The van der Waals surface area contributed by atoms with Gasteiger partial charge in [0.2, 0.25) is 11.9 Å². The zero-order valence-corrected chi connectivity index (χ0v) is 16.8. The minimum atomic E-state index is 0.602. The van der Waals surface area contributed by atoms with Gasteiger partial charge in [-0.2, -0.15) is 0 Å². The third kappa shape index (κ3) is 3.76. The highest BCUT2D eigenvalue weighted by molar-refractivity contribution is 5.93. The zero-order chi connectivity index (χ0) is 19.0. The van der Waals surface area contributed by atoms with E-state index in [-0.39, 0.29) is 0 Å². The molecule has 0 amide bonds. The highest BCUT2D eigenvalue weighted by Gasteiger charge is 2.32. The summed E-state index contributed by atoms with van der Waals surface area (Å²) in [7, 11) is 0. The van der Waals surface area contributed by atoms with Crippen molar-refractivity contribution in [3.63, 3.8) is 0 Å². The molecule has 2 N–H and O–H groups in total. The van der Waals surface area contributed by atoms with Gasteiger partial charge in [0.05, 0.1) is 24.5 Å². The van der Waals surface area contributed by atoms with E-state index >= 15 is 0 Å². The molecule has 2 aliphatic rings. The Kier molecular flexibility index (Phi) is 5.00. The van der Waals surface area contributed by atoms with Gasteiger partial charge in [-0.15, -0.1) is 0 Å².